The van der Waals surface area contributed by atoms with E-state index in [2.05, 4.69) is 4.99 Å². The van der Waals surface area contributed by atoms with E-state index in [9.17, 15) is 14.7 Å². The largest absolute Gasteiger partial charge is 0.504 e. The third-order valence-corrected chi connectivity index (χ3v) is 6.20. The van der Waals surface area contributed by atoms with Crippen LogP contribution in [0.3, 0.4) is 0 Å². The molecule has 2 heterocycles. The first-order valence-electron chi connectivity index (χ1n) is 10.6. The Morgan fingerprint density at radius 3 is 2.64 bits per heavy atom. The molecule has 3 aromatic rings. The molecule has 33 heavy (non-hydrogen) atoms. The quantitative estimate of drug-likeness (QED) is 0.567. The Bertz CT molecular complexity index is 1400. The highest BCUT2D eigenvalue weighted by atomic mass is 32.1. The van der Waals surface area contributed by atoms with Gasteiger partial charge in [-0.25, -0.2) is 9.79 Å². The normalized spacial score (nSPS) is 15.7. The monoisotopic (exact) mass is 464 g/mol. The van der Waals surface area contributed by atoms with E-state index in [4.69, 9.17) is 9.47 Å². The van der Waals surface area contributed by atoms with E-state index < -0.39 is 12.0 Å². The molecule has 2 aromatic carbocycles. The predicted octanol–water partition coefficient (Wildman–Crippen LogP) is 2.90. The Labute approximate surface area is 194 Å². The summed E-state index contributed by atoms with van der Waals surface area (Å²) < 4.78 is 12.8. The molecule has 170 valence electrons. The molecule has 1 atom stereocenters. The third kappa shape index (κ3) is 4.34. The number of aromatic hydroxyl groups is 1. The highest BCUT2D eigenvalue weighted by molar-refractivity contribution is 7.07. The molecule has 7 nitrogen and oxygen atoms in total. The van der Waals surface area contributed by atoms with Crippen LogP contribution in [-0.4, -0.2) is 28.9 Å². The summed E-state index contributed by atoms with van der Waals surface area (Å²) in [4.78, 5) is 31.5. The maximum absolute atomic E-state index is 13.5. The van der Waals surface area contributed by atoms with Gasteiger partial charge in [-0.15, -0.1) is 0 Å². The highest BCUT2D eigenvalue weighted by Gasteiger charge is 2.33. The second kappa shape index (κ2) is 9.46. The molecule has 0 fully saturated rings. The fraction of sp³-hybridized carbons (Fsp3) is 0.240. The van der Waals surface area contributed by atoms with Gasteiger partial charge in [-0.05, 0) is 50.1 Å². The summed E-state index contributed by atoms with van der Waals surface area (Å²) in [5, 5.41) is 9.97. The van der Waals surface area contributed by atoms with Crippen LogP contribution in [0.4, 0.5) is 0 Å². The summed E-state index contributed by atoms with van der Waals surface area (Å²) in [5.41, 5.74) is 2.13. The topological polar surface area (TPSA) is 90.1 Å². The van der Waals surface area contributed by atoms with Crippen molar-refractivity contribution in [2.24, 2.45) is 4.99 Å². The zero-order valence-corrected chi connectivity index (χ0v) is 19.4. The average Bonchev–Trinajstić information content (AvgIpc) is 3.10. The molecular formula is C25H24N2O5S. The maximum Gasteiger partial charge on any atom is 0.338 e. The van der Waals surface area contributed by atoms with Gasteiger partial charge >= 0.3 is 5.97 Å². The van der Waals surface area contributed by atoms with Gasteiger partial charge in [0.25, 0.3) is 5.56 Å². The second-order valence-corrected chi connectivity index (χ2v) is 8.38. The van der Waals surface area contributed by atoms with Crippen LogP contribution in [0.25, 0.3) is 6.08 Å². The number of hydrogen-bond donors (Lipinski definition) is 1. The molecule has 1 N–H and O–H groups in total. The van der Waals surface area contributed by atoms with Gasteiger partial charge in [-0.1, -0.05) is 47.7 Å². The van der Waals surface area contributed by atoms with Crippen LogP contribution in [0, 0.1) is 0 Å². The SMILES string of the molecule is CCOC(=O)C1=C(C)N=c2s/c(=C/c3ccc(O)c(OCC)c3)c(=O)n2[C@@H]1c1ccccc1. The lowest BCUT2D eigenvalue weighted by Gasteiger charge is -2.24. The first-order chi connectivity index (χ1) is 15.9. The summed E-state index contributed by atoms with van der Waals surface area (Å²) in [6.45, 7) is 5.97. The number of fused-ring (bicyclic) bond motifs is 1. The van der Waals surface area contributed by atoms with Crippen molar-refractivity contribution in [3.05, 3.63) is 90.6 Å². The lowest BCUT2D eigenvalue weighted by molar-refractivity contribution is -0.139. The lowest BCUT2D eigenvalue weighted by atomic mass is 9.96. The van der Waals surface area contributed by atoms with Crippen LogP contribution in [-0.2, 0) is 9.53 Å². The molecule has 0 saturated heterocycles. The number of phenolic OH excluding ortho intramolecular Hbond substituents is 1. The molecule has 1 aliphatic heterocycles. The van der Waals surface area contributed by atoms with Gasteiger partial charge in [0.2, 0.25) is 0 Å². The van der Waals surface area contributed by atoms with E-state index in [0.29, 0.717) is 38.5 Å². The summed E-state index contributed by atoms with van der Waals surface area (Å²) in [5.74, 6) is -0.0994. The maximum atomic E-state index is 13.5. The minimum atomic E-state index is -0.637. The zero-order valence-electron chi connectivity index (χ0n) is 18.6. The lowest BCUT2D eigenvalue weighted by Crippen LogP contribution is -2.39. The summed E-state index contributed by atoms with van der Waals surface area (Å²) >= 11 is 1.25. The Morgan fingerprint density at radius 2 is 1.94 bits per heavy atom. The highest BCUT2D eigenvalue weighted by Crippen LogP contribution is 2.30. The predicted molar refractivity (Wildman–Crippen MR) is 126 cm³/mol. The van der Waals surface area contributed by atoms with Crippen LogP contribution in [0.1, 0.15) is 37.9 Å². The van der Waals surface area contributed by atoms with Crippen molar-refractivity contribution < 1.29 is 19.4 Å². The first kappa shape index (κ1) is 22.5. The second-order valence-electron chi connectivity index (χ2n) is 7.37. The number of rotatable bonds is 6. The molecule has 0 saturated carbocycles. The van der Waals surface area contributed by atoms with E-state index in [1.165, 1.54) is 17.4 Å². The van der Waals surface area contributed by atoms with Crippen LogP contribution >= 0.6 is 11.3 Å². The molecular weight excluding hydrogens is 440 g/mol. The number of esters is 1. The smallest absolute Gasteiger partial charge is 0.338 e. The van der Waals surface area contributed by atoms with Crippen LogP contribution in [0.5, 0.6) is 11.5 Å². The van der Waals surface area contributed by atoms with Gasteiger partial charge in [-0.3, -0.25) is 9.36 Å². The van der Waals surface area contributed by atoms with Gasteiger partial charge in [0.05, 0.1) is 35.1 Å². The van der Waals surface area contributed by atoms with E-state index >= 15 is 0 Å². The van der Waals surface area contributed by atoms with Gasteiger partial charge in [0.1, 0.15) is 0 Å². The van der Waals surface area contributed by atoms with Crippen molar-refractivity contribution in [1.82, 2.24) is 4.57 Å². The molecule has 0 unspecified atom stereocenters. The van der Waals surface area contributed by atoms with Crippen molar-refractivity contribution in [1.29, 1.82) is 0 Å². The Kier molecular flexibility index (Phi) is 6.46. The minimum Gasteiger partial charge on any atom is -0.504 e. The van der Waals surface area contributed by atoms with Gasteiger partial charge in [0, 0.05) is 0 Å². The average molecular weight is 465 g/mol. The fourth-order valence-electron chi connectivity index (χ4n) is 3.79. The Balaban J connectivity index is 1.91. The number of benzene rings is 2. The number of aromatic nitrogens is 1. The molecule has 0 radical (unpaired) electrons. The van der Waals surface area contributed by atoms with Crippen molar-refractivity contribution in [3.63, 3.8) is 0 Å². The molecule has 8 heteroatoms. The zero-order chi connectivity index (χ0) is 23.5. The fourth-order valence-corrected chi connectivity index (χ4v) is 4.83. The van der Waals surface area contributed by atoms with Crippen molar-refractivity contribution >= 4 is 23.4 Å². The number of phenols is 1. The van der Waals surface area contributed by atoms with E-state index in [1.807, 2.05) is 37.3 Å². The molecule has 4 rings (SSSR count). The van der Waals surface area contributed by atoms with E-state index in [-0.39, 0.29) is 17.9 Å². The Morgan fingerprint density at radius 1 is 1.18 bits per heavy atom. The minimum absolute atomic E-state index is 0.0363. The number of carbonyl (C=O) groups excluding carboxylic acids is 1. The summed E-state index contributed by atoms with van der Waals surface area (Å²) in [6, 6.07) is 13.7. The standard InChI is InChI=1S/C25H24N2O5S/c1-4-31-19-13-16(11-12-18(19)28)14-20-23(29)27-22(17-9-7-6-8-10-17)21(24(30)32-5-2)15(3)26-25(27)33-20/h6-14,22,28H,4-5H2,1-3H3/b20-14+/t22-/m1/s1. The van der Waals surface area contributed by atoms with Crippen LogP contribution in [0.15, 0.2) is 69.6 Å². The molecule has 0 aliphatic carbocycles. The van der Waals surface area contributed by atoms with Crippen molar-refractivity contribution in [2.45, 2.75) is 26.8 Å². The first-order valence-corrected chi connectivity index (χ1v) is 11.5. The molecule has 0 amide bonds. The number of ether oxygens (including phenoxy) is 2. The number of nitrogens with zero attached hydrogens (tertiary/aromatic N) is 2. The van der Waals surface area contributed by atoms with E-state index in [1.54, 1.807) is 36.6 Å². The molecule has 1 aliphatic rings. The van der Waals surface area contributed by atoms with Crippen LogP contribution < -0.4 is 19.6 Å². The number of thiazole rings is 1. The van der Waals surface area contributed by atoms with Crippen molar-refractivity contribution in [3.8, 4) is 11.5 Å². The molecule has 1 aromatic heterocycles. The number of carbonyl (C=O) groups is 1. The van der Waals surface area contributed by atoms with Crippen LogP contribution in [0.2, 0.25) is 0 Å². The number of hydrogen-bond acceptors (Lipinski definition) is 7. The summed E-state index contributed by atoms with van der Waals surface area (Å²) in [6.07, 6.45) is 1.73. The van der Waals surface area contributed by atoms with Gasteiger partial charge < -0.3 is 14.6 Å². The van der Waals surface area contributed by atoms with Crippen molar-refractivity contribution in [2.75, 3.05) is 13.2 Å². The van der Waals surface area contributed by atoms with Gasteiger partial charge in [-0.2, -0.15) is 0 Å². The third-order valence-electron chi connectivity index (χ3n) is 5.21. The Hall–Kier alpha value is -3.65. The van der Waals surface area contributed by atoms with Gasteiger partial charge in [0.15, 0.2) is 16.3 Å². The summed E-state index contributed by atoms with van der Waals surface area (Å²) in [7, 11) is 0. The molecule has 0 bridgehead atoms. The molecule has 0 spiro atoms. The van der Waals surface area contributed by atoms with E-state index in [0.717, 1.165) is 5.56 Å². The number of allylic oxidation sites excluding steroid dienone is 1.